The largest absolute Gasteiger partial charge is 0.399 e. The topological polar surface area (TPSA) is 139 Å². The molecule has 0 spiro atoms. The fourth-order valence-corrected chi connectivity index (χ4v) is 3.49. The van der Waals surface area contributed by atoms with E-state index in [9.17, 15) is 24.0 Å². The Hall–Kier alpha value is -4.01. The molecule has 5 amide bonds. The first-order valence-electron chi connectivity index (χ1n) is 8.88. The molecule has 0 radical (unpaired) electrons. The van der Waals surface area contributed by atoms with Crippen molar-refractivity contribution in [3.63, 3.8) is 0 Å². The monoisotopic (exact) mass is 392 g/mol. The molecule has 9 heteroatoms. The third kappa shape index (κ3) is 3.12. The van der Waals surface area contributed by atoms with Crippen molar-refractivity contribution in [2.24, 2.45) is 0 Å². The number of hydrogen-bond donors (Lipinski definition) is 3. The SMILES string of the molecule is Nc1cccc(C(=O)Nc2cccc3c2C(=O)N(C2CCC(=O)NC2=O)C3=O)c1. The van der Waals surface area contributed by atoms with E-state index in [0.717, 1.165) is 4.90 Å². The quantitative estimate of drug-likeness (QED) is 0.524. The molecule has 1 unspecified atom stereocenters. The highest BCUT2D eigenvalue weighted by Crippen LogP contribution is 2.32. The van der Waals surface area contributed by atoms with Crippen LogP contribution in [0.25, 0.3) is 0 Å². The minimum atomic E-state index is -1.07. The Labute approximate surface area is 164 Å². The van der Waals surface area contributed by atoms with E-state index >= 15 is 0 Å². The van der Waals surface area contributed by atoms with Gasteiger partial charge in [0, 0.05) is 17.7 Å². The van der Waals surface area contributed by atoms with Crippen LogP contribution in [0.2, 0.25) is 0 Å². The third-order valence-corrected chi connectivity index (χ3v) is 4.87. The lowest BCUT2D eigenvalue weighted by molar-refractivity contribution is -0.136. The van der Waals surface area contributed by atoms with Crippen molar-refractivity contribution >= 4 is 40.9 Å². The molecule has 146 valence electrons. The van der Waals surface area contributed by atoms with Gasteiger partial charge in [0.25, 0.3) is 17.7 Å². The number of nitrogens with zero attached hydrogens (tertiary/aromatic N) is 1. The second-order valence-electron chi connectivity index (χ2n) is 6.75. The van der Waals surface area contributed by atoms with Gasteiger partial charge in [0.2, 0.25) is 11.8 Å². The number of fused-ring (bicyclic) bond motifs is 1. The van der Waals surface area contributed by atoms with Gasteiger partial charge < -0.3 is 11.1 Å². The second kappa shape index (κ2) is 6.86. The van der Waals surface area contributed by atoms with Gasteiger partial charge in [-0.05, 0) is 36.8 Å². The molecule has 29 heavy (non-hydrogen) atoms. The van der Waals surface area contributed by atoms with E-state index < -0.39 is 35.6 Å². The molecule has 1 saturated heterocycles. The fourth-order valence-electron chi connectivity index (χ4n) is 3.49. The fraction of sp³-hybridized carbons (Fsp3) is 0.150. The minimum absolute atomic E-state index is 0.0134. The molecule has 0 aromatic heterocycles. The number of nitrogen functional groups attached to an aromatic ring is 1. The van der Waals surface area contributed by atoms with E-state index in [1.165, 1.54) is 24.3 Å². The number of carbonyl (C=O) groups is 5. The van der Waals surface area contributed by atoms with Crippen LogP contribution in [0.4, 0.5) is 11.4 Å². The summed E-state index contributed by atoms with van der Waals surface area (Å²) in [4.78, 5) is 62.7. The summed E-state index contributed by atoms with van der Waals surface area (Å²) in [5.41, 5.74) is 6.66. The van der Waals surface area contributed by atoms with Gasteiger partial charge in [0.05, 0.1) is 16.8 Å². The maximum absolute atomic E-state index is 13.0. The molecule has 0 saturated carbocycles. The number of anilines is 2. The number of rotatable bonds is 3. The molecule has 2 heterocycles. The van der Waals surface area contributed by atoms with Gasteiger partial charge in [-0.3, -0.25) is 34.2 Å². The van der Waals surface area contributed by atoms with Crippen molar-refractivity contribution < 1.29 is 24.0 Å². The number of imide groups is 2. The predicted octanol–water partition coefficient (Wildman–Crippen LogP) is 0.922. The lowest BCUT2D eigenvalue weighted by atomic mass is 10.0. The number of piperidine rings is 1. The first kappa shape index (κ1) is 18.4. The Morgan fingerprint density at radius 3 is 2.55 bits per heavy atom. The van der Waals surface area contributed by atoms with E-state index in [-0.39, 0.29) is 29.7 Å². The number of benzene rings is 2. The number of carbonyl (C=O) groups excluding carboxylic acids is 5. The van der Waals surface area contributed by atoms with Gasteiger partial charge in [-0.2, -0.15) is 0 Å². The zero-order chi connectivity index (χ0) is 20.7. The highest BCUT2D eigenvalue weighted by molar-refractivity contribution is 6.26. The molecular formula is C20H16N4O5. The van der Waals surface area contributed by atoms with Crippen LogP contribution in [0.3, 0.4) is 0 Å². The zero-order valence-electron chi connectivity index (χ0n) is 15.1. The van der Waals surface area contributed by atoms with E-state index in [1.807, 2.05) is 0 Å². The van der Waals surface area contributed by atoms with Crippen LogP contribution < -0.4 is 16.4 Å². The standard InChI is InChI=1S/C20H16N4O5/c21-11-4-1-3-10(9-11)17(26)22-13-6-2-5-12-16(13)20(29)24(19(12)28)14-7-8-15(25)23-18(14)27/h1-6,9,14H,7-8,21H2,(H,22,26)(H,23,25,27). The van der Waals surface area contributed by atoms with Gasteiger partial charge in [0.1, 0.15) is 6.04 Å². The van der Waals surface area contributed by atoms with Crippen molar-refractivity contribution in [2.75, 3.05) is 11.1 Å². The normalized spacial score (nSPS) is 18.5. The lowest BCUT2D eigenvalue weighted by Crippen LogP contribution is -2.54. The van der Waals surface area contributed by atoms with Gasteiger partial charge in [-0.1, -0.05) is 12.1 Å². The van der Waals surface area contributed by atoms with Crippen LogP contribution in [0.5, 0.6) is 0 Å². The molecule has 1 fully saturated rings. The summed E-state index contributed by atoms with van der Waals surface area (Å²) >= 11 is 0. The van der Waals surface area contributed by atoms with E-state index in [0.29, 0.717) is 11.3 Å². The molecule has 4 N–H and O–H groups in total. The number of nitrogens with one attached hydrogen (secondary N) is 2. The summed E-state index contributed by atoms with van der Waals surface area (Å²) in [6.45, 7) is 0. The van der Waals surface area contributed by atoms with Gasteiger partial charge in [0.15, 0.2) is 0 Å². The van der Waals surface area contributed by atoms with Crippen molar-refractivity contribution in [3.05, 3.63) is 59.2 Å². The van der Waals surface area contributed by atoms with Crippen molar-refractivity contribution in [2.45, 2.75) is 18.9 Å². The Balaban J connectivity index is 1.65. The summed E-state index contributed by atoms with van der Waals surface area (Å²) in [5.74, 6) is -2.97. The summed E-state index contributed by atoms with van der Waals surface area (Å²) < 4.78 is 0. The molecule has 0 aliphatic carbocycles. The van der Waals surface area contributed by atoms with Gasteiger partial charge in [-0.25, -0.2) is 0 Å². The Bertz CT molecular complexity index is 1090. The molecule has 2 aliphatic rings. The summed E-state index contributed by atoms with van der Waals surface area (Å²) in [6, 6.07) is 9.74. The van der Waals surface area contributed by atoms with Crippen LogP contribution in [-0.4, -0.2) is 40.5 Å². The summed E-state index contributed by atoms with van der Waals surface area (Å²) in [5, 5.41) is 4.77. The average molecular weight is 392 g/mol. The minimum Gasteiger partial charge on any atom is -0.399 e. The number of amides is 5. The first-order valence-corrected chi connectivity index (χ1v) is 8.88. The maximum Gasteiger partial charge on any atom is 0.264 e. The molecule has 1 atom stereocenters. The highest BCUT2D eigenvalue weighted by atomic mass is 16.2. The molecule has 2 aromatic carbocycles. The van der Waals surface area contributed by atoms with Crippen molar-refractivity contribution in [3.8, 4) is 0 Å². The van der Waals surface area contributed by atoms with Crippen LogP contribution in [-0.2, 0) is 9.59 Å². The van der Waals surface area contributed by atoms with E-state index in [2.05, 4.69) is 10.6 Å². The molecular weight excluding hydrogens is 376 g/mol. The average Bonchev–Trinajstić information content (AvgIpc) is 2.94. The zero-order valence-corrected chi connectivity index (χ0v) is 15.1. The molecule has 2 aliphatic heterocycles. The summed E-state index contributed by atoms with van der Waals surface area (Å²) in [7, 11) is 0. The van der Waals surface area contributed by atoms with Crippen LogP contribution in [0.1, 0.15) is 43.9 Å². The van der Waals surface area contributed by atoms with Crippen LogP contribution in [0.15, 0.2) is 42.5 Å². The molecule has 4 rings (SSSR count). The Kier molecular flexibility index (Phi) is 4.34. The molecule has 9 nitrogen and oxygen atoms in total. The van der Waals surface area contributed by atoms with Crippen LogP contribution in [0, 0.1) is 0 Å². The van der Waals surface area contributed by atoms with Crippen LogP contribution >= 0.6 is 0 Å². The Morgan fingerprint density at radius 1 is 1.07 bits per heavy atom. The lowest BCUT2D eigenvalue weighted by Gasteiger charge is -2.27. The third-order valence-electron chi connectivity index (χ3n) is 4.87. The van der Waals surface area contributed by atoms with Crippen molar-refractivity contribution in [1.82, 2.24) is 10.2 Å². The van der Waals surface area contributed by atoms with Gasteiger partial charge >= 0.3 is 0 Å². The predicted molar refractivity (Wildman–Crippen MR) is 102 cm³/mol. The number of hydrogen-bond acceptors (Lipinski definition) is 6. The van der Waals surface area contributed by atoms with Gasteiger partial charge in [-0.15, -0.1) is 0 Å². The van der Waals surface area contributed by atoms with E-state index in [1.54, 1.807) is 18.2 Å². The second-order valence-corrected chi connectivity index (χ2v) is 6.75. The molecule has 2 aromatic rings. The maximum atomic E-state index is 13.0. The van der Waals surface area contributed by atoms with E-state index in [4.69, 9.17) is 5.73 Å². The smallest absolute Gasteiger partial charge is 0.264 e. The molecule has 0 bridgehead atoms. The van der Waals surface area contributed by atoms with Crippen molar-refractivity contribution in [1.29, 1.82) is 0 Å². The number of nitrogens with two attached hydrogens (primary N) is 1. The Morgan fingerprint density at radius 2 is 1.83 bits per heavy atom. The summed E-state index contributed by atoms with van der Waals surface area (Å²) in [6.07, 6.45) is 0.0873. The highest BCUT2D eigenvalue weighted by Gasteiger charge is 2.45. The first-order chi connectivity index (χ1) is 13.9.